The molecule has 1 amide bonds. The van der Waals surface area contributed by atoms with Crippen molar-refractivity contribution in [2.75, 3.05) is 23.3 Å². The number of rotatable bonds is 2. The van der Waals surface area contributed by atoms with E-state index in [1.54, 1.807) is 0 Å². The molecule has 1 heterocycles. The Morgan fingerprint density at radius 3 is 2.89 bits per heavy atom. The van der Waals surface area contributed by atoms with Gasteiger partial charge in [-0.05, 0) is 37.3 Å². The maximum atomic E-state index is 12.4. The van der Waals surface area contributed by atoms with Gasteiger partial charge in [0.05, 0.1) is 11.4 Å². The molecule has 3 heteroatoms. The minimum absolute atomic E-state index is 0.302. The van der Waals surface area contributed by atoms with Crippen molar-refractivity contribution in [3.63, 3.8) is 0 Å². The Labute approximate surface area is 108 Å². The second kappa shape index (κ2) is 5.01. The summed E-state index contributed by atoms with van der Waals surface area (Å²) < 4.78 is 0. The monoisotopic (exact) mass is 244 g/mol. The van der Waals surface area contributed by atoms with Crippen LogP contribution in [-0.4, -0.2) is 19.0 Å². The Balaban J connectivity index is 1.79. The number of benzene rings is 1. The number of carbonyl (C=O) groups excluding carboxylic acids is 1. The summed E-state index contributed by atoms with van der Waals surface area (Å²) in [6.07, 6.45) is 5.52. The van der Waals surface area contributed by atoms with E-state index in [2.05, 4.69) is 11.4 Å². The minimum atomic E-state index is 0.302. The van der Waals surface area contributed by atoms with Crippen molar-refractivity contribution in [2.45, 2.75) is 32.1 Å². The van der Waals surface area contributed by atoms with E-state index in [1.165, 1.54) is 19.3 Å². The van der Waals surface area contributed by atoms with Crippen LogP contribution in [0.1, 0.15) is 32.1 Å². The summed E-state index contributed by atoms with van der Waals surface area (Å²) in [7, 11) is 0. The van der Waals surface area contributed by atoms with Crippen molar-refractivity contribution in [3.8, 4) is 0 Å². The molecule has 0 bridgehead atoms. The van der Waals surface area contributed by atoms with Crippen molar-refractivity contribution in [1.82, 2.24) is 0 Å². The van der Waals surface area contributed by atoms with Gasteiger partial charge in [-0.25, -0.2) is 0 Å². The molecule has 0 unspecified atom stereocenters. The van der Waals surface area contributed by atoms with Gasteiger partial charge in [0.1, 0.15) is 0 Å². The lowest BCUT2D eigenvalue weighted by Gasteiger charge is -2.29. The molecule has 1 saturated carbocycles. The van der Waals surface area contributed by atoms with Gasteiger partial charge in [-0.3, -0.25) is 4.79 Å². The normalized spacial score (nSPS) is 19.4. The summed E-state index contributed by atoms with van der Waals surface area (Å²) >= 11 is 0. The fourth-order valence-corrected chi connectivity index (χ4v) is 2.75. The van der Waals surface area contributed by atoms with Gasteiger partial charge in [0, 0.05) is 19.5 Å². The molecule has 1 aromatic carbocycles. The Kier molecular flexibility index (Phi) is 3.22. The lowest BCUT2D eigenvalue weighted by Crippen LogP contribution is -2.34. The minimum Gasteiger partial charge on any atom is -0.383 e. The molecule has 3 nitrogen and oxygen atoms in total. The summed E-state index contributed by atoms with van der Waals surface area (Å²) in [4.78, 5) is 14.4. The standard InChI is InChI=1S/C15H20N2O/c18-15(11-12-5-3-6-12)17-10-4-9-16-13-7-1-2-8-14(13)17/h1-2,7-8,12,16H,3-6,9-11H2. The van der Waals surface area contributed by atoms with E-state index < -0.39 is 0 Å². The smallest absolute Gasteiger partial charge is 0.227 e. The van der Waals surface area contributed by atoms with E-state index in [4.69, 9.17) is 0 Å². The average molecular weight is 244 g/mol. The van der Waals surface area contributed by atoms with Crippen LogP contribution in [0.3, 0.4) is 0 Å². The molecular formula is C15H20N2O. The van der Waals surface area contributed by atoms with Gasteiger partial charge in [-0.1, -0.05) is 18.6 Å². The molecule has 2 aliphatic rings. The van der Waals surface area contributed by atoms with Crippen molar-refractivity contribution in [2.24, 2.45) is 5.92 Å². The maximum absolute atomic E-state index is 12.4. The van der Waals surface area contributed by atoms with E-state index in [1.807, 2.05) is 23.1 Å². The number of para-hydroxylation sites is 2. The highest BCUT2D eigenvalue weighted by Gasteiger charge is 2.26. The van der Waals surface area contributed by atoms with E-state index in [0.717, 1.165) is 37.3 Å². The zero-order valence-corrected chi connectivity index (χ0v) is 10.7. The van der Waals surface area contributed by atoms with Crippen LogP contribution in [0.2, 0.25) is 0 Å². The molecule has 1 aliphatic heterocycles. The highest BCUT2D eigenvalue weighted by molar-refractivity contribution is 5.97. The third-order valence-corrected chi connectivity index (χ3v) is 4.06. The molecular weight excluding hydrogens is 224 g/mol. The number of anilines is 2. The highest BCUT2D eigenvalue weighted by atomic mass is 16.2. The molecule has 1 N–H and O–H groups in total. The van der Waals surface area contributed by atoms with Crippen LogP contribution in [0.5, 0.6) is 0 Å². The molecule has 0 aromatic heterocycles. The first-order valence-electron chi connectivity index (χ1n) is 6.98. The maximum Gasteiger partial charge on any atom is 0.227 e. The molecule has 1 aromatic rings. The van der Waals surface area contributed by atoms with Crippen LogP contribution in [-0.2, 0) is 4.79 Å². The van der Waals surface area contributed by atoms with Crippen LogP contribution in [0, 0.1) is 5.92 Å². The van der Waals surface area contributed by atoms with E-state index in [9.17, 15) is 4.79 Å². The Morgan fingerprint density at radius 1 is 1.28 bits per heavy atom. The van der Waals surface area contributed by atoms with E-state index >= 15 is 0 Å². The Bertz CT molecular complexity index is 440. The summed E-state index contributed by atoms with van der Waals surface area (Å²) in [5.74, 6) is 0.941. The fraction of sp³-hybridized carbons (Fsp3) is 0.533. The van der Waals surface area contributed by atoms with Gasteiger partial charge in [0.2, 0.25) is 5.91 Å². The van der Waals surface area contributed by atoms with Crippen LogP contribution in [0.4, 0.5) is 11.4 Å². The molecule has 0 radical (unpaired) electrons. The summed E-state index contributed by atoms with van der Waals surface area (Å²) in [6, 6.07) is 8.14. The predicted molar refractivity (Wildman–Crippen MR) is 73.9 cm³/mol. The predicted octanol–water partition coefficient (Wildman–Crippen LogP) is 3.03. The van der Waals surface area contributed by atoms with Gasteiger partial charge in [-0.2, -0.15) is 0 Å². The molecule has 1 fully saturated rings. The molecule has 0 atom stereocenters. The van der Waals surface area contributed by atoms with Gasteiger partial charge in [0.15, 0.2) is 0 Å². The largest absolute Gasteiger partial charge is 0.383 e. The second-order valence-corrected chi connectivity index (χ2v) is 5.34. The first-order valence-corrected chi connectivity index (χ1v) is 6.98. The van der Waals surface area contributed by atoms with Crippen LogP contribution >= 0.6 is 0 Å². The zero-order chi connectivity index (χ0) is 12.4. The Morgan fingerprint density at radius 2 is 2.11 bits per heavy atom. The number of fused-ring (bicyclic) bond motifs is 1. The van der Waals surface area contributed by atoms with Gasteiger partial charge in [-0.15, -0.1) is 0 Å². The van der Waals surface area contributed by atoms with E-state index in [-0.39, 0.29) is 0 Å². The highest BCUT2D eigenvalue weighted by Crippen LogP contribution is 2.33. The summed E-state index contributed by atoms with van der Waals surface area (Å²) in [5, 5.41) is 3.40. The summed E-state index contributed by atoms with van der Waals surface area (Å²) in [6.45, 7) is 1.79. The topological polar surface area (TPSA) is 32.3 Å². The van der Waals surface area contributed by atoms with E-state index in [0.29, 0.717) is 11.8 Å². The summed E-state index contributed by atoms with van der Waals surface area (Å²) in [5.41, 5.74) is 2.15. The second-order valence-electron chi connectivity index (χ2n) is 5.34. The number of amides is 1. The van der Waals surface area contributed by atoms with Gasteiger partial charge in [0.25, 0.3) is 0 Å². The molecule has 96 valence electrons. The van der Waals surface area contributed by atoms with Crippen molar-refractivity contribution in [3.05, 3.63) is 24.3 Å². The number of hydrogen-bond acceptors (Lipinski definition) is 2. The fourth-order valence-electron chi connectivity index (χ4n) is 2.75. The average Bonchev–Trinajstić information content (AvgIpc) is 2.56. The zero-order valence-electron chi connectivity index (χ0n) is 10.7. The van der Waals surface area contributed by atoms with Crippen LogP contribution in [0.15, 0.2) is 24.3 Å². The van der Waals surface area contributed by atoms with Gasteiger partial charge >= 0.3 is 0 Å². The third-order valence-electron chi connectivity index (χ3n) is 4.06. The first-order chi connectivity index (χ1) is 8.84. The molecule has 18 heavy (non-hydrogen) atoms. The Hall–Kier alpha value is -1.51. The van der Waals surface area contributed by atoms with Crippen molar-refractivity contribution in [1.29, 1.82) is 0 Å². The number of carbonyl (C=O) groups is 1. The molecule has 3 rings (SSSR count). The molecule has 0 spiro atoms. The quantitative estimate of drug-likeness (QED) is 0.867. The number of nitrogens with one attached hydrogen (secondary N) is 1. The SMILES string of the molecule is O=C(CC1CCC1)N1CCCNc2ccccc21. The lowest BCUT2D eigenvalue weighted by atomic mass is 9.82. The van der Waals surface area contributed by atoms with Crippen molar-refractivity contribution < 1.29 is 4.79 Å². The van der Waals surface area contributed by atoms with Crippen molar-refractivity contribution >= 4 is 17.3 Å². The lowest BCUT2D eigenvalue weighted by molar-refractivity contribution is -0.120. The van der Waals surface area contributed by atoms with Crippen LogP contribution in [0.25, 0.3) is 0 Å². The van der Waals surface area contributed by atoms with Crippen LogP contribution < -0.4 is 10.2 Å². The number of nitrogens with zero attached hydrogens (tertiary/aromatic N) is 1. The number of hydrogen-bond donors (Lipinski definition) is 1. The third kappa shape index (κ3) is 2.22. The first kappa shape index (κ1) is 11.6. The molecule has 1 aliphatic carbocycles. The molecule has 0 saturated heterocycles. The van der Waals surface area contributed by atoms with Gasteiger partial charge < -0.3 is 10.2 Å².